The van der Waals surface area contributed by atoms with Gasteiger partial charge in [-0.25, -0.2) is 0 Å². The number of benzene rings is 2. The van der Waals surface area contributed by atoms with Gasteiger partial charge in [0.1, 0.15) is 5.75 Å². The minimum Gasteiger partial charge on any atom is -0.550 e. The van der Waals surface area contributed by atoms with E-state index >= 15 is 0 Å². The zero-order valence-electron chi connectivity index (χ0n) is 23.5. The summed E-state index contributed by atoms with van der Waals surface area (Å²) in [5, 5.41) is 27.0. The van der Waals surface area contributed by atoms with Crippen molar-refractivity contribution in [3.05, 3.63) is 54.1 Å². The van der Waals surface area contributed by atoms with E-state index in [4.69, 9.17) is 14.6 Å². The fourth-order valence-corrected chi connectivity index (χ4v) is 4.80. The number of carbonyl (C=O) groups is 4. The Morgan fingerprint density at radius 3 is 2.15 bits per heavy atom. The third-order valence-corrected chi connectivity index (χ3v) is 6.71. The van der Waals surface area contributed by atoms with E-state index in [-0.39, 0.29) is 70.3 Å². The van der Waals surface area contributed by atoms with Crippen LogP contribution in [0.1, 0.15) is 24.2 Å². The van der Waals surface area contributed by atoms with Crippen molar-refractivity contribution in [2.45, 2.75) is 35.7 Å². The molecule has 11 nitrogen and oxygen atoms in total. The number of likely N-dealkylation sites (N-methyl/N-ethyl adjacent to an activating group) is 1. The van der Waals surface area contributed by atoms with Gasteiger partial charge >= 0.3 is 65.1 Å². The molecule has 1 unspecified atom stereocenters. The molecule has 0 aromatic heterocycles. The fourth-order valence-electron chi connectivity index (χ4n) is 3.48. The van der Waals surface area contributed by atoms with Crippen molar-refractivity contribution in [3.63, 3.8) is 0 Å². The molecule has 3 rings (SSSR count). The summed E-state index contributed by atoms with van der Waals surface area (Å²) in [5.74, 6) is -3.37. The van der Waals surface area contributed by atoms with Crippen LogP contribution in [-0.4, -0.2) is 80.3 Å². The summed E-state index contributed by atoms with van der Waals surface area (Å²) in [6, 6.07) is 15.4. The zero-order valence-corrected chi connectivity index (χ0v) is 28.3. The van der Waals surface area contributed by atoms with Crippen LogP contribution in [0.15, 0.2) is 53.4 Å². The number of para-hydroxylation sites is 1. The molecule has 0 saturated carbocycles. The van der Waals surface area contributed by atoms with Crippen LogP contribution < -0.4 is 79.0 Å². The molecule has 1 N–H and O–H groups in total. The number of aliphatic carboxylic acids is 2. The number of carboxylic acids is 2. The van der Waals surface area contributed by atoms with Gasteiger partial charge in [-0.05, 0) is 43.9 Å². The first-order chi connectivity index (χ1) is 17.9. The van der Waals surface area contributed by atoms with Crippen molar-refractivity contribution in [3.8, 4) is 5.75 Å². The molecular weight excluding hydrogens is 562 g/mol. The summed E-state index contributed by atoms with van der Waals surface area (Å²) in [4.78, 5) is 49.3. The van der Waals surface area contributed by atoms with E-state index in [2.05, 4.69) is 0 Å². The van der Waals surface area contributed by atoms with Crippen LogP contribution in [0.25, 0.3) is 0 Å². The number of nitrogens with zero attached hydrogens (tertiary/aromatic N) is 2. The summed E-state index contributed by atoms with van der Waals surface area (Å²) in [5.41, 5.74) is 1.75. The number of amides is 1. The Morgan fingerprint density at radius 2 is 1.68 bits per heavy atom. The number of fused-ring (bicyclic) bond motifs is 1. The molecule has 14 heteroatoms. The van der Waals surface area contributed by atoms with Crippen molar-refractivity contribution < 1.29 is 103 Å². The number of ether oxygens (including phenoxy) is 2. The van der Waals surface area contributed by atoms with E-state index in [9.17, 15) is 29.4 Å². The summed E-state index contributed by atoms with van der Waals surface area (Å²) >= 11 is 1.54. The Kier molecular flexibility index (Phi) is 18.0. The Bertz CT molecular complexity index is 1140. The van der Waals surface area contributed by atoms with E-state index < -0.39 is 36.5 Å². The van der Waals surface area contributed by atoms with Gasteiger partial charge in [-0.3, -0.25) is 9.59 Å². The number of carboxylic acid groups (broad SMARTS) is 2. The van der Waals surface area contributed by atoms with E-state index in [1.165, 1.54) is 6.92 Å². The Balaban J connectivity index is 0.00000120. The van der Waals surface area contributed by atoms with Gasteiger partial charge in [0, 0.05) is 37.3 Å². The van der Waals surface area contributed by atoms with Gasteiger partial charge in [0.05, 0.1) is 30.1 Å². The number of carbonyl (C=O) groups excluding carboxylic acids is 4. The maximum atomic E-state index is 13.6. The van der Waals surface area contributed by atoms with Crippen molar-refractivity contribution in [1.82, 2.24) is 4.90 Å². The number of hydrogen-bond acceptors (Lipinski definition) is 11. The minimum atomic E-state index is -1.96. The monoisotopic (exact) mass is 592 g/mol. The molecule has 1 aliphatic heterocycles. The molecule has 0 aliphatic carbocycles. The number of aliphatic hydroxyl groups excluding tert-OH is 1. The van der Waals surface area contributed by atoms with Crippen LogP contribution in [0.3, 0.4) is 0 Å². The van der Waals surface area contributed by atoms with E-state index in [0.29, 0.717) is 13.1 Å². The average Bonchev–Trinajstić information content (AvgIpc) is 2.97. The normalized spacial score (nSPS) is 16.6. The summed E-state index contributed by atoms with van der Waals surface area (Å²) in [6.45, 7) is 2.55. The number of rotatable bonds is 9. The largest absolute Gasteiger partial charge is 1.00 e. The number of esters is 1. The third-order valence-electron chi connectivity index (χ3n) is 5.33. The molecule has 1 aliphatic rings. The molecule has 206 valence electrons. The van der Waals surface area contributed by atoms with Crippen LogP contribution in [0.5, 0.6) is 5.75 Å². The maximum Gasteiger partial charge on any atom is 1.00 e. The second-order valence-electron chi connectivity index (χ2n) is 8.51. The van der Waals surface area contributed by atoms with Crippen molar-refractivity contribution in [2.75, 3.05) is 39.2 Å². The molecule has 0 spiro atoms. The molecule has 40 heavy (non-hydrogen) atoms. The summed E-state index contributed by atoms with van der Waals surface area (Å²) < 4.78 is 10.8. The smallest absolute Gasteiger partial charge is 0.550 e. The van der Waals surface area contributed by atoms with Gasteiger partial charge in [-0.15, -0.1) is 11.8 Å². The van der Waals surface area contributed by atoms with Crippen LogP contribution in [0.2, 0.25) is 0 Å². The van der Waals surface area contributed by atoms with Crippen molar-refractivity contribution in [2.24, 2.45) is 0 Å². The van der Waals surface area contributed by atoms with E-state index in [0.717, 1.165) is 21.9 Å². The predicted octanol–water partition coefficient (Wildman–Crippen LogP) is -6.39. The quantitative estimate of drug-likeness (QED) is 0.218. The molecule has 0 fully saturated rings. The van der Waals surface area contributed by atoms with Gasteiger partial charge in [-0.1, -0.05) is 24.3 Å². The van der Waals surface area contributed by atoms with E-state index in [1.807, 2.05) is 67.5 Å². The summed E-state index contributed by atoms with van der Waals surface area (Å²) in [7, 11) is 5.54. The van der Waals surface area contributed by atoms with Gasteiger partial charge in [0.25, 0.3) is 5.91 Å². The molecule has 0 saturated heterocycles. The Morgan fingerprint density at radius 1 is 1.07 bits per heavy atom. The molecule has 2 aromatic rings. The standard InChI is InChI=1S/C22H26N2O4S.C4H6O5.2Na/c1-15(25)28-20-21(16-9-11-17(27-4)12-10-16)29-19-8-6-5-7-18(19)24(22(20)26)14-13-23(2)3;5-2(4(8)9)1-3(6)7;;/h5-12,20-21H,13-14H2,1-4H3;2,5H,1H2,(H,6,7)(H,8,9);;/q;;2*+1/p-2/t20-,21+;;;/m1.../s1. The van der Waals surface area contributed by atoms with Crippen LogP contribution >= 0.6 is 11.8 Å². The first kappa shape index (κ1) is 38.4. The van der Waals surface area contributed by atoms with Crippen LogP contribution in [0.4, 0.5) is 5.69 Å². The molecular formula is C26H30N2Na2O9S. The van der Waals surface area contributed by atoms with Gasteiger partial charge in [-0.2, -0.15) is 0 Å². The molecule has 1 heterocycles. The Labute approximate surface area is 281 Å². The van der Waals surface area contributed by atoms with Crippen LogP contribution in [0, 0.1) is 0 Å². The predicted molar refractivity (Wildman–Crippen MR) is 135 cm³/mol. The first-order valence-corrected chi connectivity index (χ1v) is 12.4. The second kappa shape index (κ2) is 18.7. The second-order valence-corrected chi connectivity index (χ2v) is 9.70. The molecule has 1 amide bonds. The van der Waals surface area contributed by atoms with Gasteiger partial charge < -0.3 is 44.2 Å². The molecule has 0 bridgehead atoms. The zero-order chi connectivity index (χ0) is 28.4. The molecule has 3 atom stereocenters. The Hall–Kier alpha value is -1.61. The van der Waals surface area contributed by atoms with Crippen LogP contribution in [-0.2, 0) is 23.9 Å². The van der Waals surface area contributed by atoms with Gasteiger partial charge in [0.15, 0.2) is 6.10 Å². The summed E-state index contributed by atoms with van der Waals surface area (Å²) in [6.07, 6.45) is -3.81. The SMILES string of the molecule is COc1ccc([C@@H]2Sc3ccccc3N(CCN(C)C)C(=O)[C@@H]2OC(C)=O)cc1.O=C([O-])CC(O)C(=O)[O-].[Na+].[Na+]. The average molecular weight is 593 g/mol. The van der Waals surface area contributed by atoms with Gasteiger partial charge in [0.2, 0.25) is 0 Å². The fraction of sp³-hybridized carbons (Fsp3) is 0.385. The van der Waals surface area contributed by atoms with Crippen molar-refractivity contribution >= 4 is 41.3 Å². The number of methoxy groups -OCH3 is 1. The maximum absolute atomic E-state index is 13.6. The molecule has 0 radical (unpaired) electrons. The number of hydrogen-bond donors (Lipinski definition) is 1. The van der Waals surface area contributed by atoms with E-state index in [1.54, 1.807) is 23.8 Å². The van der Waals surface area contributed by atoms with Crippen molar-refractivity contribution in [1.29, 1.82) is 0 Å². The first-order valence-electron chi connectivity index (χ1n) is 11.6. The number of thioether (sulfide) groups is 1. The number of anilines is 1. The minimum absolute atomic E-state index is 0. The topological polar surface area (TPSA) is 160 Å². The molecule has 2 aromatic carbocycles. The number of aliphatic hydroxyl groups is 1. The third kappa shape index (κ3) is 11.7.